The molecule has 0 bridgehead atoms. The Hall–Kier alpha value is -3.11. The van der Waals surface area contributed by atoms with Crippen LogP contribution in [0, 0.1) is 11.6 Å². The van der Waals surface area contributed by atoms with E-state index in [1.807, 2.05) is 0 Å². The highest BCUT2D eigenvalue weighted by molar-refractivity contribution is 7.13. The first-order valence-corrected chi connectivity index (χ1v) is 10.5. The van der Waals surface area contributed by atoms with E-state index in [-0.39, 0.29) is 22.8 Å². The van der Waals surface area contributed by atoms with E-state index < -0.39 is 17.5 Å². The van der Waals surface area contributed by atoms with E-state index in [1.165, 1.54) is 6.07 Å². The smallest absolute Gasteiger partial charge is 0.320 e. The fourth-order valence-corrected chi connectivity index (χ4v) is 4.23. The number of rotatable bonds is 4. The molecule has 11 heteroatoms. The molecule has 7 nitrogen and oxygen atoms in total. The number of benzene rings is 2. The lowest BCUT2D eigenvalue weighted by molar-refractivity contribution is 0.102. The molecule has 0 saturated carbocycles. The average molecular weight is 464 g/mol. The monoisotopic (exact) mass is 463 g/mol. The van der Waals surface area contributed by atoms with Gasteiger partial charge in [-0.1, -0.05) is 22.9 Å². The summed E-state index contributed by atoms with van der Waals surface area (Å²) in [4.78, 5) is 26.8. The van der Waals surface area contributed by atoms with Gasteiger partial charge in [-0.2, -0.15) is 0 Å². The second-order valence-corrected chi connectivity index (χ2v) is 8.26. The van der Waals surface area contributed by atoms with Crippen LogP contribution in [0.1, 0.15) is 33.7 Å². The van der Waals surface area contributed by atoms with Gasteiger partial charge in [-0.3, -0.25) is 4.79 Å². The Morgan fingerprint density at radius 1 is 1.03 bits per heavy atom. The molecule has 1 saturated heterocycles. The van der Waals surface area contributed by atoms with Gasteiger partial charge in [0, 0.05) is 29.0 Å². The Labute approximate surface area is 185 Å². The number of aromatic nitrogens is 2. The number of nitrogens with one attached hydrogen (secondary N) is 2. The maximum absolute atomic E-state index is 13.3. The van der Waals surface area contributed by atoms with Crippen molar-refractivity contribution in [3.05, 3.63) is 69.1 Å². The van der Waals surface area contributed by atoms with Crippen LogP contribution in [0.4, 0.5) is 25.0 Å². The zero-order chi connectivity index (χ0) is 22.0. The van der Waals surface area contributed by atoms with Crippen LogP contribution in [0.2, 0.25) is 5.02 Å². The standard InChI is InChI=1S/C20H16ClF2N5O2S/c21-11-3-5-12(6-4-11)25-20(30)28-9-1-2-16(28)18-26-27-19(31-18)17(29)24-13-7-8-14(22)15(23)10-13/h3-8,10,16H,1-2,9H2,(H,24,29)(H,25,30). The third kappa shape index (κ3) is 4.80. The number of likely N-dealkylation sites (tertiary alicyclic amines) is 1. The third-order valence-corrected chi connectivity index (χ3v) is 5.98. The van der Waals surface area contributed by atoms with Crippen molar-refractivity contribution in [3.63, 3.8) is 0 Å². The second-order valence-electron chi connectivity index (χ2n) is 6.82. The van der Waals surface area contributed by atoms with Crippen molar-refractivity contribution in [2.24, 2.45) is 0 Å². The van der Waals surface area contributed by atoms with Gasteiger partial charge in [0.2, 0.25) is 5.01 Å². The van der Waals surface area contributed by atoms with Crippen LogP contribution in [0.5, 0.6) is 0 Å². The maximum atomic E-state index is 13.3. The SMILES string of the molecule is O=C(Nc1ccc(F)c(F)c1)c1nnc(C2CCCN2C(=O)Nc2ccc(Cl)cc2)s1. The average Bonchev–Trinajstić information content (AvgIpc) is 3.42. The first-order valence-electron chi connectivity index (χ1n) is 9.34. The van der Waals surface area contributed by atoms with Crippen molar-refractivity contribution in [1.82, 2.24) is 15.1 Å². The molecule has 3 amide bonds. The highest BCUT2D eigenvalue weighted by Gasteiger charge is 2.33. The van der Waals surface area contributed by atoms with Crippen LogP contribution >= 0.6 is 22.9 Å². The van der Waals surface area contributed by atoms with Gasteiger partial charge in [0.25, 0.3) is 5.91 Å². The lowest BCUT2D eigenvalue weighted by Crippen LogP contribution is -2.34. The number of halogens is 3. The van der Waals surface area contributed by atoms with Crippen LogP contribution in [0.3, 0.4) is 0 Å². The molecule has 31 heavy (non-hydrogen) atoms. The molecule has 1 atom stereocenters. The van der Waals surface area contributed by atoms with Crippen molar-refractivity contribution < 1.29 is 18.4 Å². The van der Waals surface area contributed by atoms with Gasteiger partial charge in [-0.15, -0.1) is 10.2 Å². The minimum absolute atomic E-state index is 0.0599. The number of carbonyl (C=O) groups excluding carboxylic acids is 2. The number of amides is 3. The number of hydrogen-bond acceptors (Lipinski definition) is 5. The minimum atomic E-state index is -1.07. The highest BCUT2D eigenvalue weighted by atomic mass is 35.5. The normalized spacial score (nSPS) is 15.7. The number of carbonyl (C=O) groups is 2. The predicted molar refractivity (Wildman–Crippen MR) is 113 cm³/mol. The summed E-state index contributed by atoms with van der Waals surface area (Å²) >= 11 is 6.92. The molecule has 0 radical (unpaired) electrons. The fraction of sp³-hybridized carbons (Fsp3) is 0.200. The van der Waals surface area contributed by atoms with Crippen LogP contribution < -0.4 is 10.6 Å². The topological polar surface area (TPSA) is 87.2 Å². The molecule has 1 aliphatic rings. The van der Waals surface area contributed by atoms with E-state index in [1.54, 1.807) is 29.2 Å². The van der Waals surface area contributed by atoms with Gasteiger partial charge < -0.3 is 15.5 Å². The fourth-order valence-electron chi connectivity index (χ4n) is 3.21. The Morgan fingerprint density at radius 2 is 1.77 bits per heavy atom. The van der Waals surface area contributed by atoms with Gasteiger partial charge in [0.1, 0.15) is 5.01 Å². The number of nitrogens with zero attached hydrogens (tertiary/aromatic N) is 3. The molecule has 1 aliphatic heterocycles. The number of urea groups is 1. The Bertz CT molecular complexity index is 1130. The summed E-state index contributed by atoms with van der Waals surface area (Å²) in [6.07, 6.45) is 1.47. The number of anilines is 2. The van der Waals surface area contributed by atoms with Crippen molar-refractivity contribution in [2.45, 2.75) is 18.9 Å². The zero-order valence-corrected chi connectivity index (χ0v) is 17.5. The quantitative estimate of drug-likeness (QED) is 0.564. The zero-order valence-electron chi connectivity index (χ0n) is 15.9. The molecule has 2 heterocycles. The van der Waals surface area contributed by atoms with Crippen molar-refractivity contribution in [1.29, 1.82) is 0 Å². The molecule has 1 unspecified atom stereocenters. The Morgan fingerprint density at radius 3 is 2.52 bits per heavy atom. The highest BCUT2D eigenvalue weighted by Crippen LogP contribution is 2.34. The van der Waals surface area contributed by atoms with Crippen LogP contribution in [-0.4, -0.2) is 33.6 Å². The summed E-state index contributed by atoms with van der Waals surface area (Å²) in [5, 5.41) is 14.4. The summed E-state index contributed by atoms with van der Waals surface area (Å²) < 4.78 is 26.4. The Kier molecular flexibility index (Phi) is 6.10. The third-order valence-electron chi connectivity index (χ3n) is 4.71. The molecule has 1 aromatic heterocycles. The van der Waals surface area contributed by atoms with E-state index in [2.05, 4.69) is 20.8 Å². The molecule has 160 valence electrons. The van der Waals surface area contributed by atoms with E-state index in [0.717, 1.165) is 29.9 Å². The molecule has 4 rings (SSSR count). The van der Waals surface area contributed by atoms with Gasteiger partial charge >= 0.3 is 6.03 Å². The second kappa shape index (κ2) is 8.94. The molecule has 0 aliphatic carbocycles. The van der Waals surface area contributed by atoms with Crippen molar-refractivity contribution >= 4 is 46.3 Å². The molecular weight excluding hydrogens is 448 g/mol. The predicted octanol–water partition coefficient (Wildman–Crippen LogP) is 5.09. The van der Waals surface area contributed by atoms with E-state index in [0.29, 0.717) is 28.7 Å². The molecular formula is C20H16ClF2N5O2S. The summed E-state index contributed by atoms with van der Waals surface area (Å²) in [5.74, 6) is -2.66. The first kappa shape index (κ1) is 21.1. The Balaban J connectivity index is 1.44. The van der Waals surface area contributed by atoms with E-state index in [9.17, 15) is 18.4 Å². The van der Waals surface area contributed by atoms with E-state index >= 15 is 0 Å². The van der Waals surface area contributed by atoms with Gasteiger partial charge in [-0.25, -0.2) is 13.6 Å². The maximum Gasteiger partial charge on any atom is 0.322 e. The molecule has 0 spiro atoms. The van der Waals surface area contributed by atoms with Gasteiger partial charge in [0.05, 0.1) is 6.04 Å². The summed E-state index contributed by atoms with van der Waals surface area (Å²) in [6.45, 7) is 0.542. The molecule has 3 aromatic rings. The van der Waals surface area contributed by atoms with Crippen molar-refractivity contribution in [3.8, 4) is 0 Å². The van der Waals surface area contributed by atoms with E-state index in [4.69, 9.17) is 11.6 Å². The lowest BCUT2D eigenvalue weighted by Gasteiger charge is -2.23. The van der Waals surface area contributed by atoms with Crippen LogP contribution in [0.25, 0.3) is 0 Å². The van der Waals surface area contributed by atoms with Gasteiger partial charge in [-0.05, 0) is 49.2 Å². The molecule has 2 aromatic carbocycles. The minimum Gasteiger partial charge on any atom is -0.320 e. The van der Waals surface area contributed by atoms with Crippen LogP contribution in [0.15, 0.2) is 42.5 Å². The summed E-state index contributed by atoms with van der Waals surface area (Å²) in [6, 6.07) is 9.23. The molecule has 1 fully saturated rings. The van der Waals surface area contributed by atoms with Gasteiger partial charge in [0.15, 0.2) is 11.6 Å². The lowest BCUT2D eigenvalue weighted by atomic mass is 10.2. The largest absolute Gasteiger partial charge is 0.322 e. The number of hydrogen-bond donors (Lipinski definition) is 2. The van der Waals surface area contributed by atoms with Crippen LogP contribution in [-0.2, 0) is 0 Å². The molecule has 2 N–H and O–H groups in total. The first-order chi connectivity index (χ1) is 14.9. The summed E-state index contributed by atoms with van der Waals surface area (Å²) in [7, 11) is 0. The summed E-state index contributed by atoms with van der Waals surface area (Å²) in [5.41, 5.74) is 0.717. The van der Waals surface area contributed by atoms with Crippen molar-refractivity contribution in [2.75, 3.05) is 17.2 Å².